The van der Waals surface area contributed by atoms with Crippen LogP contribution >= 0.6 is 0 Å². The fourth-order valence-corrected chi connectivity index (χ4v) is 5.35. The average Bonchev–Trinajstić information content (AvgIpc) is 3.33. The molecular formula is C27H22N4O4S. The van der Waals surface area contributed by atoms with E-state index in [-0.39, 0.29) is 4.90 Å². The highest BCUT2D eigenvalue weighted by atomic mass is 32.2. The number of anilines is 1. The van der Waals surface area contributed by atoms with Crippen molar-refractivity contribution >= 4 is 32.8 Å². The van der Waals surface area contributed by atoms with E-state index in [0.717, 1.165) is 22.1 Å². The van der Waals surface area contributed by atoms with E-state index in [1.54, 1.807) is 67.1 Å². The van der Waals surface area contributed by atoms with Gasteiger partial charge in [-0.05, 0) is 53.6 Å². The molecular weight excluding hydrogens is 476 g/mol. The third-order valence-corrected chi connectivity index (χ3v) is 7.41. The number of hydrogen-bond acceptors (Lipinski definition) is 7. The Labute approximate surface area is 208 Å². The van der Waals surface area contributed by atoms with Gasteiger partial charge in [0.15, 0.2) is 5.65 Å². The van der Waals surface area contributed by atoms with Crippen molar-refractivity contribution in [1.82, 2.24) is 13.9 Å². The van der Waals surface area contributed by atoms with Gasteiger partial charge in [-0.3, -0.25) is 0 Å². The molecule has 180 valence electrons. The molecule has 8 nitrogen and oxygen atoms in total. The molecule has 0 fully saturated rings. The molecule has 0 unspecified atom stereocenters. The first-order valence-electron chi connectivity index (χ1n) is 11.1. The zero-order valence-electron chi connectivity index (χ0n) is 19.3. The lowest BCUT2D eigenvalue weighted by Gasteiger charge is -2.10. The SMILES string of the molecule is COC(=O)c1cccnc1NCc1cccc(-c2cn(S(=O)(=O)c3ccccc3)c3ncccc23)c1. The minimum atomic E-state index is -3.83. The Morgan fingerprint density at radius 3 is 2.53 bits per heavy atom. The Kier molecular flexibility index (Phi) is 6.22. The predicted molar refractivity (Wildman–Crippen MR) is 137 cm³/mol. The summed E-state index contributed by atoms with van der Waals surface area (Å²) in [6.07, 6.45) is 4.79. The van der Waals surface area contributed by atoms with Crippen LogP contribution in [0.25, 0.3) is 22.2 Å². The molecule has 0 spiro atoms. The van der Waals surface area contributed by atoms with E-state index in [0.29, 0.717) is 23.6 Å². The van der Waals surface area contributed by atoms with Crippen LogP contribution in [0.3, 0.4) is 0 Å². The van der Waals surface area contributed by atoms with Crippen LogP contribution in [0.15, 0.2) is 102 Å². The minimum Gasteiger partial charge on any atom is -0.465 e. The molecule has 5 rings (SSSR count). The molecule has 9 heteroatoms. The number of nitrogens with zero attached hydrogens (tertiary/aromatic N) is 3. The first-order chi connectivity index (χ1) is 17.5. The molecule has 0 saturated heterocycles. The second-order valence-corrected chi connectivity index (χ2v) is 9.79. The Bertz CT molecular complexity index is 1660. The van der Waals surface area contributed by atoms with Crippen molar-refractivity contribution in [3.63, 3.8) is 0 Å². The summed E-state index contributed by atoms with van der Waals surface area (Å²) in [4.78, 5) is 20.8. The number of benzene rings is 2. The predicted octanol–water partition coefficient (Wildman–Crippen LogP) is 4.73. The van der Waals surface area contributed by atoms with Gasteiger partial charge in [0.1, 0.15) is 11.4 Å². The number of nitrogens with one attached hydrogen (secondary N) is 1. The topological polar surface area (TPSA) is 103 Å². The van der Waals surface area contributed by atoms with Gasteiger partial charge >= 0.3 is 5.97 Å². The zero-order chi connectivity index (χ0) is 25.1. The van der Waals surface area contributed by atoms with Gasteiger partial charge in [0.25, 0.3) is 10.0 Å². The van der Waals surface area contributed by atoms with Crippen LogP contribution in [-0.2, 0) is 21.3 Å². The van der Waals surface area contributed by atoms with Gasteiger partial charge in [-0.25, -0.2) is 27.2 Å². The van der Waals surface area contributed by atoms with Crippen LogP contribution in [0, 0.1) is 0 Å². The molecule has 0 radical (unpaired) electrons. The van der Waals surface area contributed by atoms with E-state index in [1.807, 2.05) is 30.3 Å². The van der Waals surface area contributed by atoms with Gasteiger partial charge in [-0.1, -0.05) is 36.4 Å². The van der Waals surface area contributed by atoms with Crippen LogP contribution in [-0.4, -0.2) is 35.4 Å². The van der Waals surface area contributed by atoms with Gasteiger partial charge in [0.05, 0.1) is 12.0 Å². The summed E-state index contributed by atoms with van der Waals surface area (Å²) in [5, 5.41) is 3.91. The largest absolute Gasteiger partial charge is 0.465 e. The van der Waals surface area contributed by atoms with E-state index in [9.17, 15) is 13.2 Å². The quantitative estimate of drug-likeness (QED) is 0.324. The van der Waals surface area contributed by atoms with E-state index >= 15 is 0 Å². The first kappa shape index (κ1) is 23.3. The molecule has 0 aliphatic carbocycles. The van der Waals surface area contributed by atoms with Gasteiger partial charge in [0, 0.05) is 36.1 Å². The van der Waals surface area contributed by atoms with Crippen molar-refractivity contribution in [3.8, 4) is 11.1 Å². The minimum absolute atomic E-state index is 0.189. The third-order valence-electron chi connectivity index (χ3n) is 5.74. The first-order valence-corrected chi connectivity index (χ1v) is 12.6. The highest BCUT2D eigenvalue weighted by Crippen LogP contribution is 2.32. The normalized spacial score (nSPS) is 11.4. The molecule has 3 heterocycles. The van der Waals surface area contributed by atoms with Crippen molar-refractivity contribution in [2.45, 2.75) is 11.4 Å². The summed E-state index contributed by atoms with van der Waals surface area (Å²) < 4.78 is 32.9. The summed E-state index contributed by atoms with van der Waals surface area (Å²) >= 11 is 0. The molecule has 0 atom stereocenters. The highest BCUT2D eigenvalue weighted by molar-refractivity contribution is 7.90. The lowest BCUT2D eigenvalue weighted by Crippen LogP contribution is -2.12. The highest BCUT2D eigenvalue weighted by Gasteiger charge is 2.22. The van der Waals surface area contributed by atoms with E-state index in [4.69, 9.17) is 4.74 Å². The number of rotatable bonds is 7. The maximum absolute atomic E-state index is 13.4. The molecule has 0 saturated carbocycles. The fourth-order valence-electron chi connectivity index (χ4n) is 4.01. The number of esters is 1. The maximum Gasteiger partial charge on any atom is 0.341 e. The second-order valence-electron chi connectivity index (χ2n) is 7.98. The number of hydrogen-bond donors (Lipinski definition) is 1. The average molecular weight is 499 g/mol. The second kappa shape index (κ2) is 9.63. The number of carbonyl (C=O) groups excluding carboxylic acids is 1. The summed E-state index contributed by atoms with van der Waals surface area (Å²) in [5.41, 5.74) is 3.20. The van der Waals surface area contributed by atoms with Crippen LogP contribution in [0.5, 0.6) is 0 Å². The number of carbonyl (C=O) groups is 1. The van der Waals surface area contributed by atoms with E-state index in [1.165, 1.54) is 11.1 Å². The van der Waals surface area contributed by atoms with Crippen molar-refractivity contribution in [2.75, 3.05) is 12.4 Å². The Balaban J connectivity index is 1.51. The molecule has 1 N–H and O–H groups in total. The van der Waals surface area contributed by atoms with Crippen molar-refractivity contribution in [3.05, 3.63) is 109 Å². The number of fused-ring (bicyclic) bond motifs is 1. The molecule has 0 bridgehead atoms. The van der Waals surface area contributed by atoms with Crippen molar-refractivity contribution in [2.24, 2.45) is 0 Å². The third kappa shape index (κ3) is 4.32. The molecule has 5 aromatic rings. The molecule has 2 aromatic carbocycles. The van der Waals surface area contributed by atoms with Crippen molar-refractivity contribution in [1.29, 1.82) is 0 Å². The summed E-state index contributed by atoms with van der Waals surface area (Å²) in [6.45, 7) is 0.397. The van der Waals surface area contributed by atoms with Gasteiger partial charge < -0.3 is 10.1 Å². The van der Waals surface area contributed by atoms with E-state index in [2.05, 4.69) is 15.3 Å². The van der Waals surface area contributed by atoms with Crippen LogP contribution in [0.1, 0.15) is 15.9 Å². The molecule has 0 amide bonds. The Morgan fingerprint density at radius 2 is 1.72 bits per heavy atom. The van der Waals surface area contributed by atoms with Crippen LogP contribution < -0.4 is 5.32 Å². The zero-order valence-corrected chi connectivity index (χ0v) is 20.1. The van der Waals surface area contributed by atoms with Crippen LogP contribution in [0.4, 0.5) is 5.82 Å². The lowest BCUT2D eigenvalue weighted by atomic mass is 10.0. The molecule has 3 aromatic heterocycles. The number of ether oxygens (including phenoxy) is 1. The summed E-state index contributed by atoms with van der Waals surface area (Å²) in [6, 6.07) is 23.0. The Morgan fingerprint density at radius 1 is 0.944 bits per heavy atom. The summed E-state index contributed by atoms with van der Waals surface area (Å²) in [5.74, 6) is -0.0520. The summed E-state index contributed by atoms with van der Waals surface area (Å²) in [7, 11) is -2.51. The molecule has 0 aliphatic heterocycles. The van der Waals surface area contributed by atoms with Crippen molar-refractivity contribution < 1.29 is 17.9 Å². The number of aromatic nitrogens is 3. The number of pyridine rings is 2. The van der Waals surface area contributed by atoms with Crippen LogP contribution in [0.2, 0.25) is 0 Å². The monoisotopic (exact) mass is 498 g/mol. The number of methoxy groups -OCH3 is 1. The van der Waals surface area contributed by atoms with Gasteiger partial charge in [0.2, 0.25) is 0 Å². The van der Waals surface area contributed by atoms with Gasteiger partial charge in [-0.15, -0.1) is 0 Å². The van der Waals surface area contributed by atoms with Gasteiger partial charge in [-0.2, -0.15) is 0 Å². The standard InChI is InChI=1S/C27H22N4O4S/c1-35-27(32)23-13-7-14-28-25(23)30-17-19-8-5-9-20(16-19)24-18-31(26-22(24)12-6-15-29-26)36(33,34)21-10-3-2-4-11-21/h2-16,18H,17H2,1H3,(H,28,30). The molecule has 36 heavy (non-hydrogen) atoms. The van der Waals surface area contributed by atoms with E-state index < -0.39 is 16.0 Å². The maximum atomic E-state index is 13.4. The Hall–Kier alpha value is -4.50. The smallest absolute Gasteiger partial charge is 0.341 e. The fraction of sp³-hybridized carbons (Fsp3) is 0.0741. The lowest BCUT2D eigenvalue weighted by molar-refractivity contribution is 0.0601. The molecule has 0 aliphatic rings.